The zero-order chi connectivity index (χ0) is 20.5. The molecule has 0 unspecified atom stereocenters. The maximum Gasteiger partial charge on any atom is 0.222 e. The quantitative estimate of drug-likeness (QED) is 0.709. The van der Waals surface area contributed by atoms with Crippen LogP contribution in [0, 0.1) is 6.92 Å². The average molecular weight is 391 g/mol. The van der Waals surface area contributed by atoms with Gasteiger partial charge in [0.05, 0.1) is 5.52 Å². The second-order valence-corrected chi connectivity index (χ2v) is 8.24. The fourth-order valence-corrected chi connectivity index (χ4v) is 4.73. The van der Waals surface area contributed by atoms with Crippen molar-refractivity contribution in [1.82, 2.24) is 14.9 Å². The van der Waals surface area contributed by atoms with E-state index >= 15 is 0 Å². The maximum atomic E-state index is 6.21. The summed E-state index contributed by atoms with van der Waals surface area (Å²) in [5, 5.41) is 0.966. The minimum Gasteiger partial charge on any atom is -0.383 e. The van der Waals surface area contributed by atoms with Crippen LogP contribution in [-0.4, -0.2) is 42.1 Å². The molecule has 4 N–H and O–H groups in total. The Morgan fingerprint density at radius 1 is 1.03 bits per heavy atom. The molecule has 4 rings (SSSR count). The van der Waals surface area contributed by atoms with E-state index in [2.05, 4.69) is 65.1 Å². The topological polar surface area (TPSA) is 84.3 Å². The zero-order valence-electron chi connectivity index (χ0n) is 17.5. The zero-order valence-corrected chi connectivity index (χ0v) is 17.5. The smallest absolute Gasteiger partial charge is 0.222 e. The lowest BCUT2D eigenvalue weighted by Crippen LogP contribution is -2.33. The lowest BCUT2D eigenvalue weighted by molar-refractivity contribution is 0.205. The highest BCUT2D eigenvalue weighted by atomic mass is 15.1. The van der Waals surface area contributed by atoms with Gasteiger partial charge in [-0.3, -0.25) is 4.90 Å². The number of nitrogen functional groups attached to an aromatic ring is 2. The van der Waals surface area contributed by atoms with Crippen LogP contribution in [0.15, 0.2) is 36.4 Å². The molecule has 0 aliphatic carbocycles. The predicted octanol–water partition coefficient (Wildman–Crippen LogP) is 3.55. The molecule has 2 aromatic carbocycles. The summed E-state index contributed by atoms with van der Waals surface area (Å²) in [6, 6.07) is 12.8. The summed E-state index contributed by atoms with van der Waals surface area (Å²) in [7, 11) is 4.25. The lowest BCUT2D eigenvalue weighted by Gasteiger charge is -2.33. The number of hydrogen-bond acceptors (Lipinski definition) is 6. The standard InChI is InChI=1S/C23H30N6/c1-15-6-4-7-17(21(15)28(2)3)14-29-12-10-16(11-13-29)18-8-5-9-19-20(18)22(24)27-23(25)26-19/h4-9,16H,10-14H2,1-3H3,(H4,24,25,26,27). The second kappa shape index (κ2) is 7.87. The van der Waals surface area contributed by atoms with Crippen molar-refractivity contribution in [3.63, 3.8) is 0 Å². The minimum absolute atomic E-state index is 0.233. The normalized spacial score (nSPS) is 15.7. The Morgan fingerprint density at radius 2 is 1.76 bits per heavy atom. The fourth-order valence-electron chi connectivity index (χ4n) is 4.73. The van der Waals surface area contributed by atoms with E-state index in [1.165, 1.54) is 22.4 Å². The van der Waals surface area contributed by atoms with Crippen molar-refractivity contribution < 1.29 is 0 Å². The van der Waals surface area contributed by atoms with Crippen molar-refractivity contribution >= 4 is 28.4 Å². The molecule has 1 aliphatic rings. The number of aromatic nitrogens is 2. The first-order chi connectivity index (χ1) is 13.9. The molecule has 0 amide bonds. The Balaban J connectivity index is 1.51. The van der Waals surface area contributed by atoms with E-state index in [-0.39, 0.29) is 5.95 Å². The molecule has 6 heteroatoms. The van der Waals surface area contributed by atoms with Crippen LogP contribution in [0.2, 0.25) is 0 Å². The summed E-state index contributed by atoms with van der Waals surface area (Å²) in [5.41, 5.74) is 18.1. The molecule has 1 saturated heterocycles. The summed E-state index contributed by atoms with van der Waals surface area (Å²) in [4.78, 5) is 13.3. The lowest BCUT2D eigenvalue weighted by atomic mass is 9.87. The van der Waals surface area contributed by atoms with E-state index in [0.29, 0.717) is 11.7 Å². The highest BCUT2D eigenvalue weighted by molar-refractivity contribution is 5.92. The van der Waals surface area contributed by atoms with Gasteiger partial charge in [0, 0.05) is 31.7 Å². The van der Waals surface area contributed by atoms with Gasteiger partial charge in [0.1, 0.15) is 5.82 Å². The van der Waals surface area contributed by atoms with E-state index in [1.54, 1.807) is 0 Å². The fraction of sp³-hybridized carbons (Fsp3) is 0.391. The minimum atomic E-state index is 0.233. The molecule has 0 radical (unpaired) electrons. The Kier molecular flexibility index (Phi) is 5.28. The van der Waals surface area contributed by atoms with Gasteiger partial charge in [0.25, 0.3) is 0 Å². The Hall–Kier alpha value is -2.86. The largest absolute Gasteiger partial charge is 0.383 e. The number of aryl methyl sites for hydroxylation is 1. The molecule has 29 heavy (non-hydrogen) atoms. The third-order valence-electron chi connectivity index (χ3n) is 5.99. The van der Waals surface area contributed by atoms with Crippen LogP contribution in [0.3, 0.4) is 0 Å². The summed E-state index contributed by atoms with van der Waals surface area (Å²) in [6.07, 6.45) is 2.21. The van der Waals surface area contributed by atoms with E-state index in [9.17, 15) is 0 Å². The molecule has 0 spiro atoms. The van der Waals surface area contributed by atoms with Crippen molar-refractivity contribution in [2.24, 2.45) is 0 Å². The number of piperidine rings is 1. The highest BCUT2D eigenvalue weighted by Crippen LogP contribution is 2.35. The van der Waals surface area contributed by atoms with Gasteiger partial charge in [0.15, 0.2) is 0 Å². The molecule has 2 heterocycles. The number of rotatable bonds is 4. The third-order valence-corrected chi connectivity index (χ3v) is 5.99. The van der Waals surface area contributed by atoms with Crippen LogP contribution in [0.1, 0.15) is 35.4 Å². The first kappa shape index (κ1) is 19.5. The molecule has 1 fully saturated rings. The molecule has 0 bridgehead atoms. The molecule has 1 aromatic heterocycles. The number of anilines is 3. The second-order valence-electron chi connectivity index (χ2n) is 8.24. The van der Waals surface area contributed by atoms with Crippen molar-refractivity contribution in [2.75, 3.05) is 43.6 Å². The van der Waals surface area contributed by atoms with Crippen molar-refractivity contribution in [2.45, 2.75) is 32.2 Å². The average Bonchev–Trinajstić information content (AvgIpc) is 2.67. The highest BCUT2D eigenvalue weighted by Gasteiger charge is 2.24. The number of benzene rings is 2. The predicted molar refractivity (Wildman–Crippen MR) is 121 cm³/mol. The molecular weight excluding hydrogens is 360 g/mol. The van der Waals surface area contributed by atoms with Gasteiger partial charge in [-0.1, -0.05) is 30.3 Å². The Bertz CT molecular complexity index is 1020. The number of nitrogens with two attached hydrogens (primary N) is 2. The van der Waals surface area contributed by atoms with Crippen LogP contribution < -0.4 is 16.4 Å². The first-order valence-corrected chi connectivity index (χ1v) is 10.2. The summed E-state index contributed by atoms with van der Waals surface area (Å²) >= 11 is 0. The maximum absolute atomic E-state index is 6.21. The number of nitrogens with zero attached hydrogens (tertiary/aromatic N) is 4. The van der Waals surface area contributed by atoms with Gasteiger partial charge in [0.2, 0.25) is 5.95 Å². The van der Waals surface area contributed by atoms with Crippen molar-refractivity contribution in [1.29, 1.82) is 0 Å². The van der Waals surface area contributed by atoms with E-state index < -0.39 is 0 Å². The van der Waals surface area contributed by atoms with Gasteiger partial charge in [-0.15, -0.1) is 0 Å². The van der Waals surface area contributed by atoms with Crippen LogP contribution in [-0.2, 0) is 6.54 Å². The van der Waals surface area contributed by atoms with E-state index in [0.717, 1.165) is 43.4 Å². The SMILES string of the molecule is Cc1cccc(CN2CCC(c3cccc4nc(N)nc(N)c34)CC2)c1N(C)C. The number of fused-ring (bicyclic) bond motifs is 1. The van der Waals surface area contributed by atoms with Gasteiger partial charge in [-0.05, 0) is 61.5 Å². The number of hydrogen-bond donors (Lipinski definition) is 2. The Morgan fingerprint density at radius 3 is 2.48 bits per heavy atom. The van der Waals surface area contributed by atoms with Crippen molar-refractivity contribution in [3.05, 3.63) is 53.1 Å². The summed E-state index contributed by atoms with van der Waals surface area (Å²) in [5.74, 6) is 1.19. The van der Waals surface area contributed by atoms with Gasteiger partial charge >= 0.3 is 0 Å². The molecule has 3 aromatic rings. The van der Waals surface area contributed by atoms with Gasteiger partial charge < -0.3 is 16.4 Å². The monoisotopic (exact) mass is 390 g/mol. The van der Waals surface area contributed by atoms with Crippen LogP contribution in [0.5, 0.6) is 0 Å². The molecular formula is C23H30N6. The molecule has 1 aliphatic heterocycles. The van der Waals surface area contributed by atoms with Crippen LogP contribution in [0.25, 0.3) is 10.9 Å². The van der Waals surface area contributed by atoms with Gasteiger partial charge in [-0.25, -0.2) is 4.98 Å². The van der Waals surface area contributed by atoms with Gasteiger partial charge in [-0.2, -0.15) is 4.98 Å². The van der Waals surface area contributed by atoms with Crippen LogP contribution >= 0.6 is 0 Å². The van der Waals surface area contributed by atoms with Crippen molar-refractivity contribution in [3.8, 4) is 0 Å². The molecule has 0 saturated carbocycles. The van der Waals surface area contributed by atoms with E-state index in [1.807, 2.05) is 12.1 Å². The first-order valence-electron chi connectivity index (χ1n) is 10.2. The Labute approximate surface area is 172 Å². The third kappa shape index (κ3) is 3.85. The summed E-state index contributed by atoms with van der Waals surface area (Å²) in [6.45, 7) is 5.30. The molecule has 152 valence electrons. The number of para-hydroxylation sites is 1. The summed E-state index contributed by atoms with van der Waals surface area (Å²) < 4.78 is 0. The van der Waals surface area contributed by atoms with E-state index in [4.69, 9.17) is 11.5 Å². The molecule has 6 nitrogen and oxygen atoms in total. The molecule has 0 atom stereocenters. The number of likely N-dealkylation sites (tertiary alicyclic amines) is 1. The van der Waals surface area contributed by atoms with Crippen LogP contribution in [0.4, 0.5) is 17.5 Å².